The van der Waals surface area contributed by atoms with Gasteiger partial charge in [-0.3, -0.25) is 4.79 Å². The molecule has 13 heavy (non-hydrogen) atoms. The Morgan fingerprint density at radius 1 is 1.54 bits per heavy atom. The minimum atomic E-state index is -0.105. The highest BCUT2D eigenvalue weighted by molar-refractivity contribution is 5.77. The minimum absolute atomic E-state index is 0.0767. The van der Waals surface area contributed by atoms with Gasteiger partial charge in [-0.15, -0.1) is 0 Å². The van der Waals surface area contributed by atoms with Crippen LogP contribution in [0.1, 0.15) is 26.7 Å². The number of rotatable bonds is 1. The fourth-order valence-corrected chi connectivity index (χ4v) is 2.83. The number of hydrogen-bond donors (Lipinski definition) is 1. The molecule has 1 saturated carbocycles. The van der Waals surface area contributed by atoms with Crippen molar-refractivity contribution in [2.75, 3.05) is 6.61 Å². The first-order chi connectivity index (χ1) is 6.07. The topological polar surface area (TPSA) is 46.5 Å². The van der Waals surface area contributed by atoms with Crippen molar-refractivity contribution < 1.29 is 14.6 Å². The lowest BCUT2D eigenvalue weighted by Gasteiger charge is -2.37. The zero-order valence-corrected chi connectivity index (χ0v) is 8.12. The second-order valence-corrected chi connectivity index (χ2v) is 4.74. The Morgan fingerprint density at radius 3 is 2.85 bits per heavy atom. The molecule has 74 valence electrons. The van der Waals surface area contributed by atoms with Crippen LogP contribution in [0.4, 0.5) is 0 Å². The summed E-state index contributed by atoms with van der Waals surface area (Å²) in [4.78, 5) is 11.5. The molecule has 1 heterocycles. The van der Waals surface area contributed by atoms with Gasteiger partial charge in [-0.25, -0.2) is 0 Å². The third kappa shape index (κ3) is 1.10. The first kappa shape index (κ1) is 9.00. The molecular weight excluding hydrogens is 168 g/mol. The predicted molar refractivity (Wildman–Crippen MR) is 47.0 cm³/mol. The highest BCUT2D eigenvalue weighted by atomic mass is 16.6. The Kier molecular flexibility index (Phi) is 1.88. The van der Waals surface area contributed by atoms with Gasteiger partial charge in [0.1, 0.15) is 6.10 Å². The number of hydrogen-bond acceptors (Lipinski definition) is 3. The summed E-state index contributed by atoms with van der Waals surface area (Å²) in [6.45, 7) is 4.24. The van der Waals surface area contributed by atoms with Gasteiger partial charge in [0.2, 0.25) is 0 Å². The van der Waals surface area contributed by atoms with Crippen molar-refractivity contribution in [2.24, 2.45) is 17.3 Å². The standard InChI is InChI=1S/C10H16O3/c1-10(2)7-4-3-6(5-11)8(10)9(12)13-7/h6-8,11H,3-5H2,1-2H3/t6-,7+,8+/m1/s1. The third-order valence-electron chi connectivity index (χ3n) is 3.65. The quantitative estimate of drug-likeness (QED) is 0.617. The Morgan fingerprint density at radius 2 is 2.23 bits per heavy atom. The summed E-state index contributed by atoms with van der Waals surface area (Å²) in [6.07, 6.45) is 1.90. The number of fused-ring (bicyclic) bond motifs is 2. The van der Waals surface area contributed by atoms with Gasteiger partial charge in [0.15, 0.2) is 0 Å². The average molecular weight is 184 g/mol. The number of aliphatic hydroxyl groups is 1. The first-order valence-corrected chi connectivity index (χ1v) is 4.88. The molecule has 2 rings (SSSR count). The van der Waals surface area contributed by atoms with Gasteiger partial charge in [0.25, 0.3) is 0 Å². The normalized spacial score (nSPS) is 41.8. The summed E-state index contributed by atoms with van der Waals surface area (Å²) >= 11 is 0. The molecule has 0 unspecified atom stereocenters. The number of ether oxygens (including phenoxy) is 1. The highest BCUT2D eigenvalue weighted by Crippen LogP contribution is 2.50. The van der Waals surface area contributed by atoms with E-state index >= 15 is 0 Å². The second-order valence-electron chi connectivity index (χ2n) is 4.74. The zero-order chi connectivity index (χ0) is 9.64. The lowest BCUT2D eigenvalue weighted by Crippen LogP contribution is -2.41. The molecule has 3 heteroatoms. The molecule has 0 aromatic heterocycles. The fraction of sp³-hybridized carbons (Fsp3) is 0.900. The molecule has 0 aromatic carbocycles. The molecule has 2 aliphatic rings. The van der Waals surface area contributed by atoms with Crippen LogP contribution in [0, 0.1) is 17.3 Å². The van der Waals surface area contributed by atoms with Crippen molar-refractivity contribution in [3.05, 3.63) is 0 Å². The minimum Gasteiger partial charge on any atom is -0.462 e. The smallest absolute Gasteiger partial charge is 0.310 e. The van der Waals surface area contributed by atoms with E-state index in [9.17, 15) is 4.79 Å². The van der Waals surface area contributed by atoms with E-state index in [0.29, 0.717) is 0 Å². The maximum atomic E-state index is 11.5. The molecule has 1 aliphatic heterocycles. The van der Waals surface area contributed by atoms with E-state index in [1.165, 1.54) is 0 Å². The highest BCUT2D eigenvalue weighted by Gasteiger charge is 2.56. The molecule has 1 aliphatic carbocycles. The van der Waals surface area contributed by atoms with E-state index in [-0.39, 0.29) is 35.9 Å². The summed E-state index contributed by atoms with van der Waals surface area (Å²) < 4.78 is 5.28. The van der Waals surface area contributed by atoms with E-state index in [2.05, 4.69) is 13.8 Å². The van der Waals surface area contributed by atoms with Gasteiger partial charge in [0.05, 0.1) is 5.92 Å². The van der Waals surface area contributed by atoms with Crippen LogP contribution < -0.4 is 0 Å². The third-order valence-corrected chi connectivity index (χ3v) is 3.65. The van der Waals surface area contributed by atoms with E-state index in [4.69, 9.17) is 9.84 Å². The van der Waals surface area contributed by atoms with Gasteiger partial charge < -0.3 is 9.84 Å². The Bertz CT molecular complexity index is 234. The fourth-order valence-electron chi connectivity index (χ4n) is 2.83. The van der Waals surface area contributed by atoms with Crippen LogP contribution in [0.15, 0.2) is 0 Å². The van der Waals surface area contributed by atoms with E-state index in [1.807, 2.05) is 0 Å². The van der Waals surface area contributed by atoms with Crippen LogP contribution >= 0.6 is 0 Å². The summed E-state index contributed by atoms with van der Waals surface area (Å²) in [6, 6.07) is 0. The molecule has 3 nitrogen and oxygen atoms in total. The summed E-state index contributed by atoms with van der Waals surface area (Å²) in [5.74, 6) is -0.0796. The van der Waals surface area contributed by atoms with Crippen LogP contribution in [0.5, 0.6) is 0 Å². The lowest BCUT2D eigenvalue weighted by atomic mass is 9.64. The van der Waals surface area contributed by atoms with E-state index in [1.54, 1.807) is 0 Å². The Labute approximate surface area is 78.1 Å². The monoisotopic (exact) mass is 184 g/mol. The van der Waals surface area contributed by atoms with Crippen LogP contribution in [-0.4, -0.2) is 23.8 Å². The second kappa shape index (κ2) is 2.71. The molecule has 1 saturated heterocycles. The van der Waals surface area contributed by atoms with Gasteiger partial charge in [-0.1, -0.05) is 13.8 Å². The summed E-state index contributed by atoms with van der Waals surface area (Å²) in [5, 5.41) is 9.15. The molecule has 2 bridgehead atoms. The van der Waals surface area contributed by atoms with Crippen molar-refractivity contribution in [1.82, 2.24) is 0 Å². The molecule has 0 aromatic rings. The molecule has 2 fully saturated rings. The van der Waals surface area contributed by atoms with Crippen LogP contribution in [0.2, 0.25) is 0 Å². The van der Waals surface area contributed by atoms with Gasteiger partial charge in [0, 0.05) is 12.0 Å². The van der Waals surface area contributed by atoms with Crippen molar-refractivity contribution in [3.8, 4) is 0 Å². The molecule has 0 spiro atoms. The number of aliphatic hydroxyl groups excluding tert-OH is 1. The van der Waals surface area contributed by atoms with E-state index in [0.717, 1.165) is 12.8 Å². The van der Waals surface area contributed by atoms with Crippen LogP contribution in [0.25, 0.3) is 0 Å². The van der Waals surface area contributed by atoms with Crippen molar-refractivity contribution in [1.29, 1.82) is 0 Å². The summed E-state index contributed by atoms with van der Waals surface area (Å²) in [7, 11) is 0. The average Bonchev–Trinajstić information content (AvgIpc) is 2.22. The van der Waals surface area contributed by atoms with Crippen LogP contribution in [0.3, 0.4) is 0 Å². The van der Waals surface area contributed by atoms with Gasteiger partial charge in [-0.05, 0) is 18.8 Å². The van der Waals surface area contributed by atoms with Crippen molar-refractivity contribution >= 4 is 5.97 Å². The van der Waals surface area contributed by atoms with Crippen molar-refractivity contribution in [3.63, 3.8) is 0 Å². The molecule has 1 N–H and O–H groups in total. The maximum absolute atomic E-state index is 11.5. The number of carbonyl (C=O) groups excluding carboxylic acids is 1. The van der Waals surface area contributed by atoms with Crippen molar-refractivity contribution in [2.45, 2.75) is 32.8 Å². The number of esters is 1. The lowest BCUT2D eigenvalue weighted by molar-refractivity contribution is -0.144. The van der Waals surface area contributed by atoms with Crippen LogP contribution in [-0.2, 0) is 9.53 Å². The first-order valence-electron chi connectivity index (χ1n) is 4.88. The zero-order valence-electron chi connectivity index (χ0n) is 8.12. The van der Waals surface area contributed by atoms with Gasteiger partial charge >= 0.3 is 5.97 Å². The maximum Gasteiger partial charge on any atom is 0.310 e. The molecule has 0 radical (unpaired) electrons. The molecule has 3 atom stereocenters. The Hall–Kier alpha value is -0.570. The summed E-state index contributed by atoms with van der Waals surface area (Å²) in [5.41, 5.74) is -0.0806. The SMILES string of the molecule is CC1(C)[C@@H]2CC[C@H](CO)[C@H]1C(=O)O2. The largest absolute Gasteiger partial charge is 0.462 e. The predicted octanol–water partition coefficient (Wildman–Crippen LogP) is 0.956. The molecule has 0 amide bonds. The number of carbonyl (C=O) groups is 1. The molecular formula is C10H16O3. The Balaban J connectivity index is 2.31. The van der Waals surface area contributed by atoms with Gasteiger partial charge in [-0.2, -0.15) is 0 Å². The van der Waals surface area contributed by atoms with E-state index < -0.39 is 0 Å².